The van der Waals surface area contributed by atoms with Gasteiger partial charge in [-0.2, -0.15) is 24.9 Å². The van der Waals surface area contributed by atoms with Gasteiger partial charge in [-0.3, -0.25) is 0 Å². The van der Waals surface area contributed by atoms with E-state index in [1.165, 1.54) is 6.20 Å². The smallest absolute Gasteiger partial charge is 0.311 e. The molecule has 102 valence electrons. The van der Waals surface area contributed by atoms with Gasteiger partial charge >= 0.3 is 6.18 Å². The highest BCUT2D eigenvalue weighted by molar-refractivity contribution is 8.00. The Labute approximate surface area is 112 Å². The van der Waals surface area contributed by atoms with Crippen LogP contribution >= 0.6 is 23.1 Å². The molecule has 1 N–H and O–H groups in total. The molecule has 1 aliphatic rings. The Hall–Kier alpha value is -0.270. The molecule has 0 saturated carbocycles. The first kappa shape index (κ1) is 14.1. The number of hydrogen-bond acceptors (Lipinski definition) is 4. The Balaban J connectivity index is 2.25. The molecule has 1 saturated heterocycles. The maximum atomic E-state index is 12.6. The lowest BCUT2D eigenvalue weighted by molar-refractivity contribution is -0.137. The predicted molar refractivity (Wildman–Crippen MR) is 69.0 cm³/mol. The zero-order valence-electron chi connectivity index (χ0n) is 10.2. The topological polar surface area (TPSA) is 24.9 Å². The van der Waals surface area contributed by atoms with E-state index in [1.54, 1.807) is 7.05 Å². The molecular formula is C11H15F3N2S2. The van der Waals surface area contributed by atoms with Gasteiger partial charge in [-0.1, -0.05) is 0 Å². The largest absolute Gasteiger partial charge is 0.443 e. The minimum atomic E-state index is -4.34. The number of halogens is 3. The molecule has 1 aliphatic heterocycles. The molecule has 0 spiro atoms. The van der Waals surface area contributed by atoms with Gasteiger partial charge in [0.2, 0.25) is 0 Å². The van der Waals surface area contributed by atoms with E-state index in [1.807, 2.05) is 11.8 Å². The van der Waals surface area contributed by atoms with Gasteiger partial charge in [-0.15, -0.1) is 11.3 Å². The summed E-state index contributed by atoms with van der Waals surface area (Å²) in [4.78, 5) is 4.17. The molecule has 1 aromatic rings. The molecule has 1 fully saturated rings. The van der Waals surface area contributed by atoms with E-state index in [0.717, 1.165) is 29.9 Å². The third-order valence-corrected chi connectivity index (χ3v) is 5.90. The van der Waals surface area contributed by atoms with Crippen LogP contribution in [-0.2, 0) is 6.18 Å². The number of hydrogen-bond donors (Lipinski definition) is 1. The molecule has 18 heavy (non-hydrogen) atoms. The minimum Gasteiger partial charge on any atom is -0.311 e. The molecule has 2 rings (SSSR count). The first-order valence-corrected chi connectivity index (χ1v) is 7.51. The maximum Gasteiger partial charge on any atom is 0.443 e. The standard InChI is InChI=1S/C11H15F3N2S2/c1-10(4-3-5-17-10)8(15-2)7-6-16-9(18-7)11(12,13)14/h6,8,15H,3-5H2,1-2H3. The molecule has 2 heterocycles. The van der Waals surface area contributed by atoms with Crippen LogP contribution in [0.3, 0.4) is 0 Å². The van der Waals surface area contributed by atoms with Gasteiger partial charge in [0.15, 0.2) is 5.01 Å². The van der Waals surface area contributed by atoms with Crippen LogP contribution in [0.2, 0.25) is 0 Å². The molecule has 2 atom stereocenters. The summed E-state index contributed by atoms with van der Waals surface area (Å²) >= 11 is 2.57. The molecule has 2 unspecified atom stereocenters. The zero-order chi connectivity index (χ0) is 13.4. The first-order valence-electron chi connectivity index (χ1n) is 5.71. The van der Waals surface area contributed by atoms with Crippen LogP contribution in [0.25, 0.3) is 0 Å². The van der Waals surface area contributed by atoms with Gasteiger partial charge in [-0.25, -0.2) is 4.98 Å². The van der Waals surface area contributed by atoms with Crippen LogP contribution in [0.1, 0.15) is 35.7 Å². The van der Waals surface area contributed by atoms with Crippen molar-refractivity contribution in [2.75, 3.05) is 12.8 Å². The lowest BCUT2D eigenvalue weighted by Crippen LogP contribution is -2.35. The second-order valence-electron chi connectivity index (χ2n) is 4.55. The van der Waals surface area contributed by atoms with Gasteiger partial charge in [0.1, 0.15) is 0 Å². The fraction of sp³-hybridized carbons (Fsp3) is 0.727. The van der Waals surface area contributed by atoms with Crippen molar-refractivity contribution in [3.8, 4) is 0 Å². The number of thiazole rings is 1. The molecular weight excluding hydrogens is 281 g/mol. The summed E-state index contributed by atoms with van der Waals surface area (Å²) in [6.45, 7) is 2.11. The van der Waals surface area contributed by atoms with E-state index in [9.17, 15) is 13.2 Å². The normalized spacial score (nSPS) is 26.5. The van der Waals surface area contributed by atoms with Crippen molar-refractivity contribution in [1.29, 1.82) is 0 Å². The van der Waals surface area contributed by atoms with Crippen LogP contribution in [0.5, 0.6) is 0 Å². The van der Waals surface area contributed by atoms with Gasteiger partial charge in [-0.05, 0) is 32.6 Å². The van der Waals surface area contributed by atoms with Gasteiger partial charge in [0.05, 0.1) is 6.04 Å². The number of thioether (sulfide) groups is 1. The van der Waals surface area contributed by atoms with Gasteiger partial charge < -0.3 is 5.32 Å². The second-order valence-corrected chi connectivity index (χ2v) is 7.24. The third kappa shape index (κ3) is 2.67. The summed E-state index contributed by atoms with van der Waals surface area (Å²) in [5, 5.41) is 2.39. The number of aromatic nitrogens is 1. The van der Waals surface area contributed by atoms with Crippen molar-refractivity contribution in [1.82, 2.24) is 10.3 Å². The Kier molecular flexibility index (Phi) is 3.94. The summed E-state index contributed by atoms with van der Waals surface area (Å²) in [6, 6.07) is -0.0707. The number of nitrogens with one attached hydrogen (secondary N) is 1. The SMILES string of the molecule is CNC(c1cnc(C(F)(F)F)s1)C1(C)CCCS1. The molecule has 1 aromatic heterocycles. The molecule has 7 heteroatoms. The van der Waals surface area contributed by atoms with E-state index in [2.05, 4.69) is 17.2 Å². The summed E-state index contributed by atoms with van der Waals surface area (Å²) in [5.41, 5.74) is 0. The molecule has 0 aromatic carbocycles. The van der Waals surface area contributed by atoms with E-state index in [0.29, 0.717) is 4.88 Å². The highest BCUT2D eigenvalue weighted by atomic mass is 32.2. The first-order chi connectivity index (χ1) is 8.37. The van der Waals surface area contributed by atoms with Crippen molar-refractivity contribution >= 4 is 23.1 Å². The van der Waals surface area contributed by atoms with Crippen LogP contribution in [0.4, 0.5) is 13.2 Å². The highest BCUT2D eigenvalue weighted by Crippen LogP contribution is 2.48. The Bertz CT molecular complexity index is 411. The second kappa shape index (κ2) is 5.02. The number of rotatable bonds is 3. The van der Waals surface area contributed by atoms with Crippen LogP contribution in [-0.4, -0.2) is 22.5 Å². The average Bonchev–Trinajstić information content (AvgIpc) is 2.88. The Morgan fingerprint density at radius 2 is 2.22 bits per heavy atom. The molecule has 0 bridgehead atoms. The minimum absolute atomic E-state index is 0.0375. The van der Waals surface area contributed by atoms with Crippen LogP contribution < -0.4 is 5.32 Å². The van der Waals surface area contributed by atoms with Crippen molar-refractivity contribution in [3.63, 3.8) is 0 Å². The van der Waals surface area contributed by atoms with Crippen molar-refractivity contribution in [3.05, 3.63) is 16.1 Å². The zero-order valence-corrected chi connectivity index (χ0v) is 11.8. The van der Waals surface area contributed by atoms with Gasteiger partial charge in [0, 0.05) is 15.8 Å². The summed E-state index contributed by atoms with van der Waals surface area (Å²) < 4.78 is 37.7. The van der Waals surface area contributed by atoms with E-state index < -0.39 is 11.2 Å². The number of nitrogens with zero attached hydrogens (tertiary/aromatic N) is 1. The fourth-order valence-electron chi connectivity index (χ4n) is 2.33. The lowest BCUT2D eigenvalue weighted by Gasteiger charge is -2.32. The van der Waals surface area contributed by atoms with Gasteiger partial charge in [0.25, 0.3) is 0 Å². The summed E-state index contributed by atoms with van der Waals surface area (Å²) in [5.74, 6) is 1.07. The number of alkyl halides is 3. The molecule has 0 amide bonds. The summed E-state index contributed by atoms with van der Waals surface area (Å²) in [7, 11) is 1.79. The lowest BCUT2D eigenvalue weighted by atomic mass is 9.95. The Morgan fingerprint density at radius 1 is 1.50 bits per heavy atom. The Morgan fingerprint density at radius 3 is 2.67 bits per heavy atom. The van der Waals surface area contributed by atoms with E-state index in [-0.39, 0.29) is 10.8 Å². The summed E-state index contributed by atoms with van der Waals surface area (Å²) in [6.07, 6.45) is -0.851. The highest BCUT2D eigenvalue weighted by Gasteiger charge is 2.41. The van der Waals surface area contributed by atoms with Crippen molar-refractivity contribution in [2.45, 2.75) is 36.7 Å². The third-order valence-electron chi connectivity index (χ3n) is 3.20. The van der Waals surface area contributed by atoms with E-state index >= 15 is 0 Å². The van der Waals surface area contributed by atoms with Crippen molar-refractivity contribution < 1.29 is 13.2 Å². The van der Waals surface area contributed by atoms with Crippen molar-refractivity contribution in [2.24, 2.45) is 0 Å². The predicted octanol–water partition coefficient (Wildman–Crippen LogP) is 3.71. The molecule has 2 nitrogen and oxygen atoms in total. The molecule has 0 radical (unpaired) electrons. The monoisotopic (exact) mass is 296 g/mol. The quantitative estimate of drug-likeness (QED) is 0.920. The fourth-order valence-corrected chi connectivity index (χ4v) is 4.90. The average molecular weight is 296 g/mol. The molecule has 0 aliphatic carbocycles. The van der Waals surface area contributed by atoms with Crippen LogP contribution in [0, 0.1) is 0 Å². The van der Waals surface area contributed by atoms with Crippen LogP contribution in [0.15, 0.2) is 6.20 Å². The van der Waals surface area contributed by atoms with E-state index in [4.69, 9.17) is 0 Å². The maximum absolute atomic E-state index is 12.6.